The van der Waals surface area contributed by atoms with Crippen molar-refractivity contribution in [1.29, 1.82) is 0 Å². The van der Waals surface area contributed by atoms with Crippen molar-refractivity contribution in [2.24, 2.45) is 0 Å². The van der Waals surface area contributed by atoms with Crippen LogP contribution in [0.5, 0.6) is 5.75 Å². The van der Waals surface area contributed by atoms with Gasteiger partial charge >= 0.3 is 0 Å². The molecule has 0 saturated heterocycles. The minimum atomic E-state index is 0.403. The highest BCUT2D eigenvalue weighted by atomic mass is 79.9. The largest absolute Gasteiger partial charge is 0.481 e. The Kier molecular flexibility index (Phi) is 4.23. The van der Waals surface area contributed by atoms with Crippen molar-refractivity contribution < 1.29 is 4.74 Å². The molecule has 17 heavy (non-hydrogen) atoms. The molecule has 0 fully saturated rings. The first-order valence-electron chi connectivity index (χ1n) is 5.27. The van der Waals surface area contributed by atoms with Crippen molar-refractivity contribution in [3.8, 4) is 17.6 Å². The van der Waals surface area contributed by atoms with Crippen LogP contribution in [0.3, 0.4) is 0 Å². The topological polar surface area (TPSA) is 9.23 Å². The summed E-state index contributed by atoms with van der Waals surface area (Å²) in [5, 5.41) is 0. The summed E-state index contributed by atoms with van der Waals surface area (Å²) < 4.78 is 6.53. The number of para-hydroxylation sites is 1. The molecule has 0 aliphatic heterocycles. The van der Waals surface area contributed by atoms with Crippen LogP contribution >= 0.6 is 15.9 Å². The van der Waals surface area contributed by atoms with Gasteiger partial charge in [0.15, 0.2) is 0 Å². The molecule has 84 valence electrons. The molecule has 0 bridgehead atoms. The van der Waals surface area contributed by atoms with Gasteiger partial charge in [-0.3, -0.25) is 0 Å². The molecule has 0 amide bonds. The molecule has 2 aromatic rings. The van der Waals surface area contributed by atoms with Gasteiger partial charge in [-0.1, -0.05) is 46.0 Å². The number of halogens is 1. The third-order valence-corrected chi connectivity index (χ3v) is 2.66. The molecule has 0 unspecified atom stereocenters. The Morgan fingerprint density at radius 3 is 2.35 bits per heavy atom. The Balaban J connectivity index is 1.89. The van der Waals surface area contributed by atoms with E-state index in [-0.39, 0.29) is 0 Å². The highest BCUT2D eigenvalue weighted by Gasteiger charge is 1.88. The van der Waals surface area contributed by atoms with Crippen LogP contribution in [0.2, 0.25) is 0 Å². The fourth-order valence-electron chi connectivity index (χ4n) is 1.31. The van der Waals surface area contributed by atoms with Gasteiger partial charge in [0, 0.05) is 10.0 Å². The normalized spacial score (nSPS) is 9.24. The van der Waals surface area contributed by atoms with Crippen molar-refractivity contribution in [1.82, 2.24) is 0 Å². The van der Waals surface area contributed by atoms with Gasteiger partial charge in [0.2, 0.25) is 0 Å². The Morgan fingerprint density at radius 2 is 1.65 bits per heavy atom. The van der Waals surface area contributed by atoms with Crippen LogP contribution in [0.4, 0.5) is 0 Å². The lowest BCUT2D eigenvalue weighted by Gasteiger charge is -1.99. The molecular formula is C15H11BrO. The number of hydrogen-bond donors (Lipinski definition) is 0. The van der Waals surface area contributed by atoms with Crippen molar-refractivity contribution in [2.45, 2.75) is 0 Å². The number of hydrogen-bond acceptors (Lipinski definition) is 1. The Morgan fingerprint density at radius 1 is 0.941 bits per heavy atom. The standard InChI is InChI=1S/C15H11BrO/c16-14-10-8-13(9-11-14)5-4-12-17-15-6-2-1-3-7-15/h1-3,6-11H,12H2. The van der Waals surface area contributed by atoms with Gasteiger partial charge in [-0.2, -0.15) is 0 Å². The Labute approximate surface area is 110 Å². The van der Waals surface area contributed by atoms with Gasteiger partial charge in [0.1, 0.15) is 12.4 Å². The number of ether oxygens (including phenoxy) is 1. The van der Waals surface area contributed by atoms with Crippen molar-refractivity contribution in [3.05, 3.63) is 64.6 Å². The lowest BCUT2D eigenvalue weighted by molar-refractivity contribution is 0.370. The van der Waals surface area contributed by atoms with Gasteiger partial charge in [0.05, 0.1) is 0 Å². The van der Waals surface area contributed by atoms with Crippen molar-refractivity contribution >= 4 is 15.9 Å². The molecule has 2 rings (SSSR count). The summed E-state index contributed by atoms with van der Waals surface area (Å²) >= 11 is 3.38. The molecule has 0 heterocycles. The minimum absolute atomic E-state index is 0.403. The van der Waals surface area contributed by atoms with E-state index in [2.05, 4.69) is 27.8 Å². The van der Waals surface area contributed by atoms with E-state index in [0.717, 1.165) is 15.8 Å². The highest BCUT2D eigenvalue weighted by Crippen LogP contribution is 2.10. The monoisotopic (exact) mass is 286 g/mol. The fourth-order valence-corrected chi connectivity index (χ4v) is 1.57. The third-order valence-electron chi connectivity index (χ3n) is 2.13. The maximum atomic E-state index is 5.47. The van der Waals surface area contributed by atoms with Crippen LogP contribution in [0.15, 0.2) is 59.1 Å². The van der Waals surface area contributed by atoms with E-state index in [4.69, 9.17) is 4.74 Å². The average Bonchev–Trinajstić information content (AvgIpc) is 2.38. The summed E-state index contributed by atoms with van der Waals surface area (Å²) in [6, 6.07) is 17.6. The summed E-state index contributed by atoms with van der Waals surface area (Å²) in [5.41, 5.74) is 0.991. The molecule has 1 nitrogen and oxygen atoms in total. The zero-order valence-electron chi connectivity index (χ0n) is 9.19. The SMILES string of the molecule is Brc1ccc(C#CCOc2ccccc2)cc1. The van der Waals surface area contributed by atoms with Gasteiger partial charge in [-0.05, 0) is 36.4 Å². The lowest BCUT2D eigenvalue weighted by atomic mass is 10.2. The zero-order chi connectivity index (χ0) is 11.9. The van der Waals surface area contributed by atoms with E-state index in [9.17, 15) is 0 Å². The van der Waals surface area contributed by atoms with Gasteiger partial charge in [0.25, 0.3) is 0 Å². The molecule has 0 saturated carbocycles. The van der Waals surface area contributed by atoms with Crippen LogP contribution in [0.1, 0.15) is 5.56 Å². The lowest BCUT2D eigenvalue weighted by Crippen LogP contribution is -1.93. The quantitative estimate of drug-likeness (QED) is 0.762. The summed E-state index contributed by atoms with van der Waals surface area (Å²) in [4.78, 5) is 0. The van der Waals surface area contributed by atoms with Crippen LogP contribution < -0.4 is 4.74 Å². The second-order valence-corrected chi connectivity index (χ2v) is 4.33. The van der Waals surface area contributed by atoms with Crippen molar-refractivity contribution in [2.75, 3.05) is 6.61 Å². The predicted molar refractivity (Wildman–Crippen MR) is 73.0 cm³/mol. The number of benzene rings is 2. The van der Waals surface area contributed by atoms with E-state index in [1.807, 2.05) is 54.6 Å². The van der Waals surface area contributed by atoms with Gasteiger partial charge in [-0.15, -0.1) is 0 Å². The van der Waals surface area contributed by atoms with Crippen LogP contribution in [0.25, 0.3) is 0 Å². The maximum Gasteiger partial charge on any atom is 0.149 e. The van der Waals surface area contributed by atoms with Crippen LogP contribution in [0, 0.1) is 11.8 Å². The zero-order valence-corrected chi connectivity index (χ0v) is 10.8. The molecule has 0 atom stereocenters. The molecule has 0 aliphatic carbocycles. The van der Waals surface area contributed by atoms with E-state index in [1.165, 1.54) is 0 Å². The Hall–Kier alpha value is -1.72. The fraction of sp³-hybridized carbons (Fsp3) is 0.0667. The third kappa shape index (κ3) is 3.97. The molecule has 0 radical (unpaired) electrons. The van der Waals surface area contributed by atoms with Crippen LogP contribution in [-0.4, -0.2) is 6.61 Å². The van der Waals surface area contributed by atoms with E-state index in [0.29, 0.717) is 6.61 Å². The van der Waals surface area contributed by atoms with Crippen molar-refractivity contribution in [3.63, 3.8) is 0 Å². The van der Waals surface area contributed by atoms with Gasteiger partial charge in [-0.25, -0.2) is 0 Å². The van der Waals surface area contributed by atoms with Gasteiger partial charge < -0.3 is 4.74 Å². The molecule has 0 spiro atoms. The smallest absolute Gasteiger partial charge is 0.149 e. The summed E-state index contributed by atoms with van der Waals surface area (Å²) in [7, 11) is 0. The predicted octanol–water partition coefficient (Wildman–Crippen LogP) is 3.88. The van der Waals surface area contributed by atoms with E-state index >= 15 is 0 Å². The molecule has 0 N–H and O–H groups in total. The first kappa shape index (κ1) is 11.8. The molecule has 2 aromatic carbocycles. The average molecular weight is 287 g/mol. The van der Waals surface area contributed by atoms with E-state index < -0.39 is 0 Å². The first-order valence-corrected chi connectivity index (χ1v) is 6.06. The second-order valence-electron chi connectivity index (χ2n) is 3.41. The highest BCUT2D eigenvalue weighted by molar-refractivity contribution is 9.10. The molecular weight excluding hydrogens is 276 g/mol. The first-order chi connectivity index (χ1) is 8.34. The summed E-state index contributed by atoms with van der Waals surface area (Å²) in [5.74, 6) is 6.87. The van der Waals surface area contributed by atoms with Crippen LogP contribution in [-0.2, 0) is 0 Å². The molecule has 0 aliphatic rings. The molecule has 0 aromatic heterocycles. The maximum absolute atomic E-state index is 5.47. The number of rotatable bonds is 2. The minimum Gasteiger partial charge on any atom is -0.481 e. The summed E-state index contributed by atoms with van der Waals surface area (Å²) in [6.45, 7) is 0.403. The Bertz CT molecular complexity index is 520. The summed E-state index contributed by atoms with van der Waals surface area (Å²) in [6.07, 6.45) is 0. The second kappa shape index (κ2) is 6.12. The molecule has 2 heteroatoms. The van der Waals surface area contributed by atoms with E-state index in [1.54, 1.807) is 0 Å².